The lowest BCUT2D eigenvalue weighted by molar-refractivity contribution is 0.173. The maximum absolute atomic E-state index is 13.3. The van der Waals surface area contributed by atoms with Crippen molar-refractivity contribution in [1.82, 2.24) is 4.90 Å². The number of nitriles is 1. The molecule has 0 unspecified atom stereocenters. The van der Waals surface area contributed by atoms with Crippen molar-refractivity contribution in [3.05, 3.63) is 35.1 Å². The number of hydrogen-bond acceptors (Lipinski definition) is 3. The van der Waals surface area contributed by atoms with Gasteiger partial charge in [-0.15, -0.1) is 0 Å². The molecule has 2 N–H and O–H groups in total. The highest BCUT2D eigenvalue weighted by molar-refractivity contribution is 5.33. The van der Waals surface area contributed by atoms with Gasteiger partial charge in [0, 0.05) is 6.54 Å². The minimum absolute atomic E-state index is 0.327. The summed E-state index contributed by atoms with van der Waals surface area (Å²) in [6.07, 6.45) is 3.43. The molecule has 2 rings (SSSR count). The van der Waals surface area contributed by atoms with Crippen molar-refractivity contribution in [2.75, 3.05) is 19.6 Å². The predicted molar refractivity (Wildman–Crippen MR) is 72.8 cm³/mol. The molecule has 1 aliphatic heterocycles. The number of nitrogens with two attached hydrogens (primary N) is 1. The van der Waals surface area contributed by atoms with Gasteiger partial charge in [-0.05, 0) is 68.6 Å². The average molecular weight is 261 g/mol. The minimum atomic E-state index is -0.327. The fourth-order valence-corrected chi connectivity index (χ4v) is 2.73. The van der Waals surface area contributed by atoms with Crippen molar-refractivity contribution in [3.63, 3.8) is 0 Å². The molecule has 0 spiro atoms. The second-order valence-corrected chi connectivity index (χ2v) is 5.26. The number of benzene rings is 1. The molecular formula is C15H20FN3. The standard InChI is InChI=1S/C15H20FN3/c16-15-8-13(10-18)7-14(9-15)11-19-5-2-12(1-4-17)3-6-19/h7-9,12H,1-6,11,17H2. The van der Waals surface area contributed by atoms with E-state index in [0.717, 1.165) is 56.9 Å². The van der Waals surface area contributed by atoms with Crippen molar-refractivity contribution in [2.24, 2.45) is 11.7 Å². The largest absolute Gasteiger partial charge is 0.330 e. The third kappa shape index (κ3) is 4.02. The van der Waals surface area contributed by atoms with Gasteiger partial charge < -0.3 is 5.73 Å². The first-order valence-electron chi connectivity index (χ1n) is 6.83. The first-order chi connectivity index (χ1) is 9.21. The summed E-state index contributed by atoms with van der Waals surface area (Å²) in [5.41, 5.74) is 6.86. The van der Waals surface area contributed by atoms with E-state index in [9.17, 15) is 4.39 Å². The topological polar surface area (TPSA) is 53.0 Å². The average Bonchev–Trinajstić information content (AvgIpc) is 2.40. The highest BCUT2D eigenvalue weighted by Crippen LogP contribution is 2.21. The van der Waals surface area contributed by atoms with Crippen LogP contribution >= 0.6 is 0 Å². The van der Waals surface area contributed by atoms with Crippen LogP contribution in [0.2, 0.25) is 0 Å². The number of halogens is 1. The zero-order valence-corrected chi connectivity index (χ0v) is 11.1. The molecule has 1 fully saturated rings. The van der Waals surface area contributed by atoms with E-state index in [4.69, 9.17) is 11.0 Å². The van der Waals surface area contributed by atoms with Crippen LogP contribution < -0.4 is 5.73 Å². The number of likely N-dealkylation sites (tertiary alicyclic amines) is 1. The van der Waals surface area contributed by atoms with Crippen LogP contribution in [0.4, 0.5) is 4.39 Å². The van der Waals surface area contributed by atoms with E-state index in [-0.39, 0.29) is 5.82 Å². The van der Waals surface area contributed by atoms with Gasteiger partial charge in [0.15, 0.2) is 0 Å². The van der Waals surface area contributed by atoms with E-state index in [0.29, 0.717) is 5.56 Å². The lowest BCUT2D eigenvalue weighted by Gasteiger charge is -2.31. The van der Waals surface area contributed by atoms with Crippen molar-refractivity contribution < 1.29 is 4.39 Å². The summed E-state index contributed by atoms with van der Waals surface area (Å²) in [5, 5.41) is 8.84. The summed E-state index contributed by atoms with van der Waals surface area (Å²) in [5.74, 6) is 0.412. The van der Waals surface area contributed by atoms with Crippen LogP contribution in [0.3, 0.4) is 0 Å². The van der Waals surface area contributed by atoms with E-state index in [1.807, 2.05) is 6.07 Å². The van der Waals surface area contributed by atoms with Crippen molar-refractivity contribution in [2.45, 2.75) is 25.8 Å². The summed E-state index contributed by atoms with van der Waals surface area (Å²) >= 11 is 0. The molecule has 1 aromatic carbocycles. The summed E-state index contributed by atoms with van der Waals surface area (Å²) < 4.78 is 13.3. The summed E-state index contributed by atoms with van der Waals surface area (Å²) in [7, 11) is 0. The van der Waals surface area contributed by atoms with Gasteiger partial charge in [-0.2, -0.15) is 5.26 Å². The van der Waals surface area contributed by atoms with Crippen LogP contribution in [0.25, 0.3) is 0 Å². The summed E-state index contributed by atoms with van der Waals surface area (Å²) in [4.78, 5) is 2.32. The predicted octanol–water partition coefficient (Wildman–Crippen LogP) is 2.26. The SMILES string of the molecule is N#Cc1cc(F)cc(CN2CCC(CCN)CC2)c1. The van der Waals surface area contributed by atoms with Gasteiger partial charge in [-0.3, -0.25) is 4.90 Å². The maximum Gasteiger partial charge on any atom is 0.124 e. The number of nitrogens with zero attached hydrogens (tertiary/aromatic N) is 2. The quantitative estimate of drug-likeness (QED) is 0.904. The molecule has 1 heterocycles. The molecule has 0 atom stereocenters. The van der Waals surface area contributed by atoms with E-state index >= 15 is 0 Å². The first kappa shape index (κ1) is 14.0. The minimum Gasteiger partial charge on any atom is -0.330 e. The van der Waals surface area contributed by atoms with Crippen molar-refractivity contribution in [3.8, 4) is 6.07 Å². The van der Waals surface area contributed by atoms with Crippen LogP contribution in [0.15, 0.2) is 18.2 Å². The molecular weight excluding hydrogens is 241 g/mol. The molecule has 0 aromatic heterocycles. The normalized spacial score (nSPS) is 17.3. The van der Waals surface area contributed by atoms with Crippen molar-refractivity contribution in [1.29, 1.82) is 5.26 Å². The molecule has 0 saturated carbocycles. The Hall–Kier alpha value is -1.44. The van der Waals surface area contributed by atoms with Crippen molar-refractivity contribution >= 4 is 0 Å². The summed E-state index contributed by atoms with van der Waals surface area (Å²) in [6.45, 7) is 3.55. The smallest absolute Gasteiger partial charge is 0.124 e. The molecule has 3 nitrogen and oxygen atoms in total. The Kier molecular flexibility index (Phi) is 4.89. The highest BCUT2D eigenvalue weighted by Gasteiger charge is 2.18. The maximum atomic E-state index is 13.3. The molecule has 102 valence electrons. The zero-order valence-electron chi connectivity index (χ0n) is 11.1. The lowest BCUT2D eigenvalue weighted by atomic mass is 9.93. The highest BCUT2D eigenvalue weighted by atomic mass is 19.1. The number of rotatable bonds is 4. The van der Waals surface area contributed by atoms with E-state index < -0.39 is 0 Å². The third-order valence-corrected chi connectivity index (χ3v) is 3.77. The molecule has 1 aromatic rings. The van der Waals surface area contributed by atoms with Gasteiger partial charge in [-0.1, -0.05) is 0 Å². The molecule has 19 heavy (non-hydrogen) atoms. The molecule has 4 heteroatoms. The van der Waals surface area contributed by atoms with Crippen LogP contribution in [-0.4, -0.2) is 24.5 Å². The van der Waals surface area contributed by atoms with Crippen LogP contribution in [0, 0.1) is 23.1 Å². The fraction of sp³-hybridized carbons (Fsp3) is 0.533. The van der Waals surface area contributed by atoms with E-state index in [2.05, 4.69) is 4.90 Å². The summed E-state index contributed by atoms with van der Waals surface area (Å²) in [6, 6.07) is 6.57. The Morgan fingerprint density at radius 2 is 2.05 bits per heavy atom. The van der Waals surface area contributed by atoms with Gasteiger partial charge in [0.1, 0.15) is 5.82 Å². The molecule has 0 aliphatic carbocycles. The lowest BCUT2D eigenvalue weighted by Crippen LogP contribution is -2.33. The van der Waals surface area contributed by atoms with Gasteiger partial charge in [0.05, 0.1) is 11.6 Å². The number of hydrogen-bond donors (Lipinski definition) is 1. The third-order valence-electron chi connectivity index (χ3n) is 3.77. The van der Waals surface area contributed by atoms with Crippen LogP contribution in [-0.2, 0) is 6.54 Å². The van der Waals surface area contributed by atoms with Gasteiger partial charge in [0.2, 0.25) is 0 Å². The number of piperidine rings is 1. The Morgan fingerprint density at radius 3 is 2.68 bits per heavy atom. The van der Waals surface area contributed by atoms with Gasteiger partial charge in [0.25, 0.3) is 0 Å². The first-order valence-corrected chi connectivity index (χ1v) is 6.83. The zero-order chi connectivity index (χ0) is 13.7. The Labute approximate surface area is 113 Å². The molecule has 0 bridgehead atoms. The van der Waals surface area contributed by atoms with Crippen LogP contribution in [0.1, 0.15) is 30.4 Å². The van der Waals surface area contributed by atoms with Gasteiger partial charge >= 0.3 is 0 Å². The van der Waals surface area contributed by atoms with E-state index in [1.165, 1.54) is 12.1 Å². The van der Waals surface area contributed by atoms with Crippen LogP contribution in [0.5, 0.6) is 0 Å². The second-order valence-electron chi connectivity index (χ2n) is 5.26. The Bertz CT molecular complexity index is 459. The Balaban J connectivity index is 1.92. The molecule has 0 amide bonds. The Morgan fingerprint density at radius 1 is 1.32 bits per heavy atom. The van der Waals surface area contributed by atoms with E-state index in [1.54, 1.807) is 6.07 Å². The molecule has 1 saturated heterocycles. The molecule has 1 aliphatic rings. The van der Waals surface area contributed by atoms with Gasteiger partial charge in [-0.25, -0.2) is 4.39 Å². The monoisotopic (exact) mass is 261 g/mol. The fourth-order valence-electron chi connectivity index (χ4n) is 2.73. The second kappa shape index (κ2) is 6.65. The molecule has 0 radical (unpaired) electrons.